The van der Waals surface area contributed by atoms with E-state index in [2.05, 4.69) is 25.6 Å². The van der Waals surface area contributed by atoms with E-state index in [1.165, 1.54) is 17.4 Å². The Bertz CT molecular complexity index is 1110. The number of anilines is 2. The number of amides is 1. The van der Waals surface area contributed by atoms with E-state index < -0.39 is 9.84 Å². The van der Waals surface area contributed by atoms with Crippen LogP contribution >= 0.6 is 11.3 Å². The molecule has 0 aliphatic heterocycles. The SMILES string of the molecule is Cc1cc(C)nc(NCCCC(=O)Nc2nc3ccc(S(C)(=O)=O)cc3s2)n1. The van der Waals surface area contributed by atoms with Crippen LogP contribution in [0.15, 0.2) is 29.2 Å². The molecule has 0 atom stereocenters. The minimum absolute atomic E-state index is 0.148. The van der Waals surface area contributed by atoms with Gasteiger partial charge in [-0.1, -0.05) is 11.3 Å². The van der Waals surface area contributed by atoms with Crippen molar-refractivity contribution < 1.29 is 13.2 Å². The molecule has 3 rings (SSSR count). The van der Waals surface area contributed by atoms with Crippen molar-refractivity contribution in [3.8, 4) is 0 Å². The van der Waals surface area contributed by atoms with Crippen LogP contribution in [0.4, 0.5) is 11.1 Å². The van der Waals surface area contributed by atoms with E-state index in [1.54, 1.807) is 12.1 Å². The Morgan fingerprint density at radius 1 is 1.11 bits per heavy atom. The van der Waals surface area contributed by atoms with Gasteiger partial charge in [0.2, 0.25) is 11.9 Å². The Kier molecular flexibility index (Phi) is 5.90. The first-order valence-corrected chi connectivity index (χ1v) is 11.4. The van der Waals surface area contributed by atoms with E-state index in [0.717, 1.165) is 17.6 Å². The van der Waals surface area contributed by atoms with Gasteiger partial charge in [-0.2, -0.15) is 0 Å². The van der Waals surface area contributed by atoms with Crippen molar-refractivity contribution >= 4 is 48.4 Å². The fraction of sp³-hybridized carbons (Fsp3) is 0.333. The van der Waals surface area contributed by atoms with Crippen molar-refractivity contribution in [1.29, 1.82) is 0 Å². The van der Waals surface area contributed by atoms with Gasteiger partial charge >= 0.3 is 0 Å². The Hall–Kier alpha value is -2.59. The molecule has 10 heteroatoms. The number of hydrogen-bond donors (Lipinski definition) is 2. The van der Waals surface area contributed by atoms with Crippen molar-refractivity contribution in [2.45, 2.75) is 31.6 Å². The minimum Gasteiger partial charge on any atom is -0.354 e. The summed E-state index contributed by atoms with van der Waals surface area (Å²) < 4.78 is 24.0. The van der Waals surface area contributed by atoms with E-state index >= 15 is 0 Å². The van der Waals surface area contributed by atoms with Crippen LogP contribution < -0.4 is 10.6 Å². The van der Waals surface area contributed by atoms with Crippen molar-refractivity contribution in [3.63, 3.8) is 0 Å². The fourth-order valence-electron chi connectivity index (χ4n) is 2.62. The number of thiazole rings is 1. The lowest BCUT2D eigenvalue weighted by molar-refractivity contribution is -0.116. The second-order valence-corrected chi connectivity index (χ2v) is 9.52. The van der Waals surface area contributed by atoms with Gasteiger partial charge in [0.25, 0.3) is 0 Å². The molecule has 0 saturated heterocycles. The van der Waals surface area contributed by atoms with E-state index in [4.69, 9.17) is 0 Å². The molecule has 8 nitrogen and oxygen atoms in total. The van der Waals surface area contributed by atoms with Crippen molar-refractivity contribution in [3.05, 3.63) is 35.7 Å². The largest absolute Gasteiger partial charge is 0.354 e. The molecule has 0 saturated carbocycles. The molecule has 1 amide bonds. The number of fused-ring (bicyclic) bond motifs is 1. The summed E-state index contributed by atoms with van der Waals surface area (Å²) in [7, 11) is -3.28. The number of aryl methyl sites for hydroxylation is 2. The van der Waals surface area contributed by atoms with Crippen molar-refractivity contribution in [2.24, 2.45) is 0 Å². The minimum atomic E-state index is -3.28. The molecule has 28 heavy (non-hydrogen) atoms. The number of rotatable bonds is 7. The maximum absolute atomic E-state index is 12.1. The van der Waals surface area contributed by atoms with Crippen LogP contribution in [0.5, 0.6) is 0 Å². The zero-order valence-electron chi connectivity index (χ0n) is 15.8. The van der Waals surface area contributed by atoms with Crippen LogP contribution in [-0.2, 0) is 14.6 Å². The normalized spacial score (nSPS) is 11.5. The van der Waals surface area contributed by atoms with Crippen LogP contribution in [0.1, 0.15) is 24.2 Å². The molecule has 0 spiro atoms. The highest BCUT2D eigenvalue weighted by Gasteiger charge is 2.12. The van der Waals surface area contributed by atoms with Crippen LogP contribution in [0.25, 0.3) is 10.2 Å². The first kappa shape index (κ1) is 20.2. The summed E-state index contributed by atoms with van der Waals surface area (Å²) in [5.41, 5.74) is 2.44. The zero-order chi connectivity index (χ0) is 20.3. The fourth-order valence-corrected chi connectivity index (χ4v) is 4.27. The number of carbonyl (C=O) groups excluding carboxylic acids is 1. The van der Waals surface area contributed by atoms with Crippen molar-refractivity contribution in [2.75, 3.05) is 23.4 Å². The van der Waals surface area contributed by atoms with Gasteiger partial charge in [-0.3, -0.25) is 4.79 Å². The second kappa shape index (κ2) is 8.19. The maximum Gasteiger partial charge on any atom is 0.226 e. The predicted octanol–water partition coefficient (Wildman–Crippen LogP) is 2.94. The molecule has 3 aromatic rings. The molecular formula is C18H21N5O3S2. The first-order valence-electron chi connectivity index (χ1n) is 8.67. The van der Waals surface area contributed by atoms with Gasteiger partial charge in [-0.25, -0.2) is 23.4 Å². The summed E-state index contributed by atoms with van der Waals surface area (Å²) in [6.07, 6.45) is 2.10. The summed E-state index contributed by atoms with van der Waals surface area (Å²) in [6, 6.07) is 6.64. The summed E-state index contributed by atoms with van der Waals surface area (Å²) in [5.74, 6) is 0.413. The van der Waals surface area contributed by atoms with Gasteiger partial charge in [0.15, 0.2) is 15.0 Å². The smallest absolute Gasteiger partial charge is 0.226 e. The summed E-state index contributed by atoms with van der Waals surface area (Å²) in [4.78, 5) is 25.3. The molecular weight excluding hydrogens is 398 g/mol. The lowest BCUT2D eigenvalue weighted by Crippen LogP contribution is -2.14. The molecule has 2 aromatic heterocycles. The van der Waals surface area contributed by atoms with E-state index in [1.807, 2.05) is 19.9 Å². The topological polar surface area (TPSA) is 114 Å². The molecule has 0 bridgehead atoms. The molecule has 1 aromatic carbocycles. The monoisotopic (exact) mass is 419 g/mol. The van der Waals surface area contributed by atoms with E-state index in [-0.39, 0.29) is 10.8 Å². The maximum atomic E-state index is 12.1. The lowest BCUT2D eigenvalue weighted by Gasteiger charge is -2.06. The highest BCUT2D eigenvalue weighted by atomic mass is 32.2. The van der Waals surface area contributed by atoms with Crippen molar-refractivity contribution in [1.82, 2.24) is 15.0 Å². The summed E-state index contributed by atoms with van der Waals surface area (Å²) in [6.45, 7) is 4.39. The molecule has 2 N–H and O–H groups in total. The van der Waals surface area contributed by atoms with Crippen LogP contribution in [-0.4, -0.2) is 42.1 Å². The number of nitrogens with one attached hydrogen (secondary N) is 2. The molecule has 0 fully saturated rings. The van der Waals surface area contributed by atoms with Gasteiger partial charge < -0.3 is 10.6 Å². The van der Waals surface area contributed by atoms with Crippen LogP contribution in [0.3, 0.4) is 0 Å². The average molecular weight is 420 g/mol. The van der Waals surface area contributed by atoms with Gasteiger partial charge in [0.1, 0.15) is 0 Å². The molecule has 0 aliphatic rings. The molecule has 0 radical (unpaired) electrons. The zero-order valence-corrected chi connectivity index (χ0v) is 17.4. The average Bonchev–Trinajstić information content (AvgIpc) is 2.98. The Balaban J connectivity index is 1.53. The third kappa shape index (κ3) is 5.23. The Morgan fingerprint density at radius 2 is 1.82 bits per heavy atom. The lowest BCUT2D eigenvalue weighted by atomic mass is 10.3. The van der Waals surface area contributed by atoms with Crippen LogP contribution in [0.2, 0.25) is 0 Å². The predicted molar refractivity (Wildman–Crippen MR) is 111 cm³/mol. The third-order valence-electron chi connectivity index (χ3n) is 3.88. The summed E-state index contributed by atoms with van der Waals surface area (Å²) >= 11 is 1.25. The third-order valence-corrected chi connectivity index (χ3v) is 5.92. The Morgan fingerprint density at radius 3 is 2.50 bits per heavy atom. The summed E-state index contributed by atoms with van der Waals surface area (Å²) in [5, 5.41) is 6.34. The number of hydrogen-bond acceptors (Lipinski definition) is 8. The quantitative estimate of drug-likeness (QED) is 0.566. The molecule has 0 aliphatic carbocycles. The standard InChI is InChI=1S/C18H21N5O3S2/c1-11-9-12(2)21-17(20-11)19-8-4-5-16(24)23-18-22-14-7-6-13(28(3,25)26)10-15(14)27-18/h6-7,9-10H,4-5,8H2,1-3H3,(H,19,20,21)(H,22,23,24). The van der Waals surface area contributed by atoms with E-state index in [9.17, 15) is 13.2 Å². The second-order valence-electron chi connectivity index (χ2n) is 6.47. The number of sulfone groups is 1. The van der Waals surface area contributed by atoms with Gasteiger partial charge in [0.05, 0.1) is 15.1 Å². The van der Waals surface area contributed by atoms with Gasteiger partial charge in [0, 0.05) is 30.6 Å². The van der Waals surface area contributed by atoms with Gasteiger partial charge in [-0.15, -0.1) is 0 Å². The highest BCUT2D eigenvalue weighted by molar-refractivity contribution is 7.90. The number of nitrogens with zero attached hydrogens (tertiary/aromatic N) is 3. The Labute approximate surface area is 167 Å². The number of aromatic nitrogens is 3. The number of carbonyl (C=O) groups is 1. The van der Waals surface area contributed by atoms with Gasteiger partial charge in [-0.05, 0) is 44.5 Å². The molecule has 2 heterocycles. The molecule has 0 unspecified atom stereocenters. The van der Waals surface area contributed by atoms with E-state index in [0.29, 0.717) is 40.7 Å². The first-order chi connectivity index (χ1) is 13.2. The molecule has 148 valence electrons. The van der Waals surface area contributed by atoms with Crippen LogP contribution in [0, 0.1) is 13.8 Å². The number of benzene rings is 1. The highest BCUT2D eigenvalue weighted by Crippen LogP contribution is 2.28.